The minimum atomic E-state index is -0.289. The molecule has 0 bridgehead atoms. The molecule has 1 aliphatic heterocycles. The van der Waals surface area contributed by atoms with Crippen LogP contribution < -0.4 is 0 Å². The summed E-state index contributed by atoms with van der Waals surface area (Å²) in [5.74, 6) is 0.833. The van der Waals surface area contributed by atoms with Gasteiger partial charge in [-0.2, -0.15) is 0 Å². The third-order valence-electron chi connectivity index (χ3n) is 3.23. The second kappa shape index (κ2) is 3.75. The molecule has 1 rings (SSSR count). The number of rotatable bonds is 1. The molecule has 0 aromatic carbocycles. The molecule has 0 aromatic rings. The molecule has 5 atom stereocenters. The van der Waals surface area contributed by atoms with E-state index in [1.165, 1.54) is 0 Å². The summed E-state index contributed by atoms with van der Waals surface area (Å²) in [5.41, 5.74) is 0. The van der Waals surface area contributed by atoms with Gasteiger partial charge in [0, 0.05) is 0 Å². The van der Waals surface area contributed by atoms with E-state index in [0.717, 1.165) is 6.42 Å². The van der Waals surface area contributed by atoms with Gasteiger partial charge >= 0.3 is 0 Å². The lowest BCUT2D eigenvalue weighted by atomic mass is 9.81. The predicted octanol–water partition coefficient (Wildman–Crippen LogP) is 1.82. The highest BCUT2D eigenvalue weighted by Gasteiger charge is 2.37. The third kappa shape index (κ3) is 1.64. The number of hydrogen-bond acceptors (Lipinski definition) is 2. The highest BCUT2D eigenvalue weighted by molar-refractivity contribution is 4.85. The summed E-state index contributed by atoms with van der Waals surface area (Å²) < 4.78 is 5.68. The summed E-state index contributed by atoms with van der Waals surface area (Å²) >= 11 is 0. The van der Waals surface area contributed by atoms with Crippen LogP contribution in [0.5, 0.6) is 0 Å². The van der Waals surface area contributed by atoms with Gasteiger partial charge in [-0.25, -0.2) is 0 Å². The molecule has 2 unspecified atom stereocenters. The fourth-order valence-corrected chi connectivity index (χ4v) is 2.03. The average Bonchev–Trinajstić information content (AvgIpc) is 2.08. The van der Waals surface area contributed by atoms with Gasteiger partial charge in [-0.3, -0.25) is 0 Å². The molecule has 0 aromatic heterocycles. The number of aliphatic hydroxyl groups is 1. The predicted molar refractivity (Wildman–Crippen MR) is 49.0 cm³/mol. The van der Waals surface area contributed by atoms with Gasteiger partial charge in [0.2, 0.25) is 0 Å². The van der Waals surface area contributed by atoms with Crippen LogP contribution in [0.25, 0.3) is 0 Å². The molecule has 0 amide bonds. The zero-order chi connectivity index (χ0) is 9.30. The number of hydrogen-bond donors (Lipinski definition) is 1. The molecule has 72 valence electrons. The van der Waals surface area contributed by atoms with Crippen molar-refractivity contribution in [2.75, 3.05) is 0 Å². The molecule has 2 nitrogen and oxygen atoms in total. The largest absolute Gasteiger partial charge is 0.390 e. The van der Waals surface area contributed by atoms with E-state index in [4.69, 9.17) is 4.74 Å². The number of aliphatic hydroxyl groups excluding tert-OH is 1. The van der Waals surface area contributed by atoms with Crippen molar-refractivity contribution in [3.8, 4) is 0 Å². The van der Waals surface area contributed by atoms with Crippen molar-refractivity contribution in [1.82, 2.24) is 0 Å². The molecule has 0 spiro atoms. The molecule has 12 heavy (non-hydrogen) atoms. The van der Waals surface area contributed by atoms with E-state index in [2.05, 4.69) is 20.8 Å². The molecule has 1 saturated heterocycles. The van der Waals surface area contributed by atoms with Crippen LogP contribution in [0.3, 0.4) is 0 Å². The van der Waals surface area contributed by atoms with E-state index in [9.17, 15) is 5.11 Å². The Hall–Kier alpha value is -0.0800. The SMILES string of the molecule is CCC1O[C@H](C)C(O)[C@@H](C)[C@@H]1C. The summed E-state index contributed by atoms with van der Waals surface area (Å²) in [4.78, 5) is 0. The van der Waals surface area contributed by atoms with Crippen molar-refractivity contribution in [3.63, 3.8) is 0 Å². The van der Waals surface area contributed by atoms with Gasteiger partial charge in [-0.15, -0.1) is 0 Å². The van der Waals surface area contributed by atoms with Crippen LogP contribution in [0.4, 0.5) is 0 Å². The third-order valence-corrected chi connectivity index (χ3v) is 3.23. The maximum atomic E-state index is 9.70. The zero-order valence-corrected chi connectivity index (χ0v) is 8.45. The Morgan fingerprint density at radius 1 is 1.17 bits per heavy atom. The summed E-state index contributed by atoms with van der Waals surface area (Å²) in [7, 11) is 0. The standard InChI is InChI=1S/C10H20O2/c1-5-9-6(2)7(3)10(11)8(4)12-9/h6-11H,5H2,1-4H3/t6-,7-,8+,9?,10?/m0/s1. The van der Waals surface area contributed by atoms with E-state index < -0.39 is 0 Å². The van der Waals surface area contributed by atoms with Crippen LogP contribution in [0.2, 0.25) is 0 Å². The fraction of sp³-hybridized carbons (Fsp3) is 1.00. The molecule has 1 fully saturated rings. The summed E-state index contributed by atoms with van der Waals surface area (Å²) in [5, 5.41) is 9.70. The Balaban J connectivity index is 2.63. The van der Waals surface area contributed by atoms with E-state index in [0.29, 0.717) is 17.9 Å². The lowest BCUT2D eigenvalue weighted by Gasteiger charge is -2.41. The van der Waals surface area contributed by atoms with Gasteiger partial charge in [0.05, 0.1) is 18.3 Å². The number of ether oxygens (including phenoxy) is 1. The van der Waals surface area contributed by atoms with Crippen LogP contribution in [-0.2, 0) is 4.74 Å². The monoisotopic (exact) mass is 172 g/mol. The first-order valence-corrected chi connectivity index (χ1v) is 4.91. The van der Waals surface area contributed by atoms with Crippen molar-refractivity contribution < 1.29 is 9.84 Å². The lowest BCUT2D eigenvalue weighted by Crippen LogP contribution is -2.47. The first kappa shape index (κ1) is 10.0. The Morgan fingerprint density at radius 3 is 2.25 bits per heavy atom. The van der Waals surface area contributed by atoms with Gasteiger partial charge in [0.15, 0.2) is 0 Å². The maximum absolute atomic E-state index is 9.70. The van der Waals surface area contributed by atoms with E-state index in [-0.39, 0.29) is 12.2 Å². The van der Waals surface area contributed by atoms with Crippen molar-refractivity contribution >= 4 is 0 Å². The zero-order valence-electron chi connectivity index (χ0n) is 8.45. The van der Waals surface area contributed by atoms with Crippen molar-refractivity contribution in [1.29, 1.82) is 0 Å². The van der Waals surface area contributed by atoms with Gasteiger partial charge in [0.1, 0.15) is 0 Å². The van der Waals surface area contributed by atoms with Crippen LogP contribution >= 0.6 is 0 Å². The van der Waals surface area contributed by atoms with E-state index >= 15 is 0 Å². The van der Waals surface area contributed by atoms with Crippen molar-refractivity contribution in [2.24, 2.45) is 11.8 Å². The van der Waals surface area contributed by atoms with Gasteiger partial charge in [-0.05, 0) is 25.2 Å². The topological polar surface area (TPSA) is 29.5 Å². The van der Waals surface area contributed by atoms with E-state index in [1.54, 1.807) is 0 Å². The molecular weight excluding hydrogens is 152 g/mol. The summed E-state index contributed by atoms with van der Waals surface area (Å²) in [6.07, 6.45) is 1.09. The normalized spacial score (nSPS) is 49.2. The first-order chi connectivity index (χ1) is 5.57. The molecule has 1 heterocycles. The van der Waals surface area contributed by atoms with Crippen LogP contribution in [0.15, 0.2) is 0 Å². The Morgan fingerprint density at radius 2 is 1.75 bits per heavy atom. The highest BCUT2D eigenvalue weighted by atomic mass is 16.5. The molecule has 2 heteroatoms. The van der Waals surface area contributed by atoms with Gasteiger partial charge in [0.25, 0.3) is 0 Å². The highest BCUT2D eigenvalue weighted by Crippen LogP contribution is 2.31. The van der Waals surface area contributed by atoms with Gasteiger partial charge < -0.3 is 9.84 Å². The van der Waals surface area contributed by atoms with Crippen molar-refractivity contribution in [3.05, 3.63) is 0 Å². The van der Waals surface area contributed by atoms with Crippen LogP contribution in [0, 0.1) is 11.8 Å². The van der Waals surface area contributed by atoms with Crippen molar-refractivity contribution in [2.45, 2.75) is 52.4 Å². The van der Waals surface area contributed by atoms with Crippen LogP contribution in [-0.4, -0.2) is 23.4 Å². The molecule has 1 N–H and O–H groups in total. The smallest absolute Gasteiger partial charge is 0.0828 e. The minimum Gasteiger partial charge on any atom is -0.390 e. The second-order valence-electron chi connectivity index (χ2n) is 4.00. The first-order valence-electron chi connectivity index (χ1n) is 4.91. The fourth-order valence-electron chi connectivity index (χ4n) is 2.03. The Labute approximate surface area is 74.9 Å². The molecule has 1 aliphatic rings. The lowest BCUT2D eigenvalue weighted by molar-refractivity contribution is -0.161. The summed E-state index contributed by atoms with van der Waals surface area (Å²) in [6, 6.07) is 0. The molecular formula is C10H20O2. The van der Waals surface area contributed by atoms with E-state index in [1.807, 2.05) is 6.92 Å². The summed E-state index contributed by atoms with van der Waals surface area (Å²) in [6.45, 7) is 8.36. The van der Waals surface area contributed by atoms with Gasteiger partial charge in [-0.1, -0.05) is 20.8 Å². The molecule has 0 saturated carbocycles. The molecule has 0 aliphatic carbocycles. The Bertz CT molecular complexity index is 142. The second-order valence-corrected chi connectivity index (χ2v) is 4.00. The minimum absolute atomic E-state index is 0.00106. The Kier molecular flexibility index (Phi) is 3.13. The quantitative estimate of drug-likeness (QED) is 0.653. The van der Waals surface area contributed by atoms with Crippen LogP contribution in [0.1, 0.15) is 34.1 Å². The molecule has 0 radical (unpaired) electrons. The average molecular weight is 172 g/mol. The maximum Gasteiger partial charge on any atom is 0.0828 e.